The summed E-state index contributed by atoms with van der Waals surface area (Å²) in [4.78, 5) is 26.0. The molecule has 0 atom stereocenters. The van der Waals surface area contributed by atoms with E-state index in [1.54, 1.807) is 0 Å². The van der Waals surface area contributed by atoms with Crippen LogP contribution in [0.2, 0.25) is 0 Å². The fourth-order valence-electron chi connectivity index (χ4n) is 2.36. The Kier molecular flexibility index (Phi) is 7.40. The van der Waals surface area contributed by atoms with E-state index in [0.717, 1.165) is 38.2 Å². The summed E-state index contributed by atoms with van der Waals surface area (Å²) in [7, 11) is 0. The van der Waals surface area contributed by atoms with Crippen LogP contribution in [-0.4, -0.2) is 42.8 Å². The molecule has 0 radical (unpaired) electrons. The summed E-state index contributed by atoms with van der Waals surface area (Å²) in [5.74, 6) is 0.139. The van der Waals surface area contributed by atoms with E-state index in [-0.39, 0.29) is 24.1 Å². The summed E-state index contributed by atoms with van der Waals surface area (Å²) in [6.45, 7) is 5.34. The number of nitrogens with one attached hydrogen (secondary N) is 1. The number of hydrogen-bond donors (Lipinski definition) is 1. The lowest BCUT2D eigenvalue weighted by atomic mass is 10.0. The van der Waals surface area contributed by atoms with Crippen LogP contribution in [0.5, 0.6) is 0 Å². The van der Waals surface area contributed by atoms with Crippen molar-refractivity contribution in [3.05, 3.63) is 35.4 Å². The minimum absolute atomic E-state index is 0. The lowest BCUT2D eigenvalue weighted by molar-refractivity contribution is -0.130. The number of ketones is 1. The van der Waals surface area contributed by atoms with Gasteiger partial charge in [0.15, 0.2) is 5.78 Å². The first-order chi connectivity index (χ1) is 9.66. The molecule has 0 bridgehead atoms. The number of carbonyl (C=O) groups excluding carboxylic acids is 2. The number of rotatable bonds is 4. The van der Waals surface area contributed by atoms with Crippen LogP contribution >= 0.6 is 12.4 Å². The molecule has 1 saturated heterocycles. The van der Waals surface area contributed by atoms with Gasteiger partial charge in [-0.1, -0.05) is 29.8 Å². The molecule has 1 aromatic carbocycles. The van der Waals surface area contributed by atoms with Gasteiger partial charge in [0.2, 0.25) is 5.91 Å². The maximum atomic E-state index is 12.1. The molecule has 0 spiro atoms. The third-order valence-electron chi connectivity index (χ3n) is 3.63. The maximum Gasteiger partial charge on any atom is 0.223 e. The third kappa shape index (κ3) is 5.48. The standard InChI is InChI=1S/C16H22N2O2.ClH/c1-13-3-5-14(6-4-13)15(19)7-8-16(20)18-11-2-9-17-10-12-18;/h3-6,17H,2,7-12H2,1H3;1H. The zero-order chi connectivity index (χ0) is 14.4. The first-order valence-corrected chi connectivity index (χ1v) is 7.25. The van der Waals surface area contributed by atoms with Crippen LogP contribution in [0.1, 0.15) is 35.2 Å². The number of benzene rings is 1. The number of hydrogen-bond acceptors (Lipinski definition) is 3. The topological polar surface area (TPSA) is 49.4 Å². The number of amides is 1. The maximum absolute atomic E-state index is 12.1. The molecule has 0 saturated carbocycles. The van der Waals surface area contributed by atoms with Crippen molar-refractivity contribution in [2.24, 2.45) is 0 Å². The summed E-state index contributed by atoms with van der Waals surface area (Å²) < 4.78 is 0. The van der Waals surface area contributed by atoms with Gasteiger partial charge in [0, 0.05) is 38.0 Å². The van der Waals surface area contributed by atoms with Gasteiger partial charge in [-0.3, -0.25) is 9.59 Å². The van der Waals surface area contributed by atoms with Gasteiger partial charge in [0.25, 0.3) is 0 Å². The highest BCUT2D eigenvalue weighted by atomic mass is 35.5. The molecule has 21 heavy (non-hydrogen) atoms. The lowest BCUT2D eigenvalue weighted by Gasteiger charge is -2.19. The van der Waals surface area contributed by atoms with Crippen LogP contribution in [-0.2, 0) is 4.79 Å². The van der Waals surface area contributed by atoms with E-state index in [1.807, 2.05) is 36.1 Å². The van der Waals surface area contributed by atoms with E-state index in [4.69, 9.17) is 0 Å². The fourth-order valence-corrected chi connectivity index (χ4v) is 2.36. The van der Waals surface area contributed by atoms with Gasteiger partial charge < -0.3 is 10.2 Å². The molecule has 1 amide bonds. The molecule has 0 aromatic heterocycles. The van der Waals surface area contributed by atoms with E-state index in [9.17, 15) is 9.59 Å². The van der Waals surface area contributed by atoms with Crippen molar-refractivity contribution >= 4 is 24.1 Å². The molecular weight excluding hydrogens is 288 g/mol. The number of carbonyl (C=O) groups is 2. The lowest BCUT2D eigenvalue weighted by Crippen LogP contribution is -2.34. The molecular formula is C16H23ClN2O2. The Bertz CT molecular complexity index is 466. The Morgan fingerprint density at radius 2 is 1.81 bits per heavy atom. The average molecular weight is 311 g/mol. The summed E-state index contributed by atoms with van der Waals surface area (Å²) in [6.07, 6.45) is 1.59. The second-order valence-corrected chi connectivity index (χ2v) is 5.27. The van der Waals surface area contributed by atoms with Crippen molar-refractivity contribution in [1.82, 2.24) is 10.2 Å². The fraction of sp³-hybridized carbons (Fsp3) is 0.500. The van der Waals surface area contributed by atoms with Crippen molar-refractivity contribution in [3.63, 3.8) is 0 Å². The molecule has 1 heterocycles. The van der Waals surface area contributed by atoms with Crippen LogP contribution < -0.4 is 5.32 Å². The Labute approximate surface area is 132 Å². The third-order valence-corrected chi connectivity index (χ3v) is 3.63. The normalized spacial score (nSPS) is 15.0. The van der Waals surface area contributed by atoms with E-state index < -0.39 is 0 Å². The molecule has 1 aliphatic rings. The Morgan fingerprint density at radius 3 is 2.52 bits per heavy atom. The monoisotopic (exact) mass is 310 g/mol. The largest absolute Gasteiger partial charge is 0.341 e. The van der Waals surface area contributed by atoms with Crippen LogP contribution in [0.15, 0.2) is 24.3 Å². The Morgan fingerprint density at radius 1 is 1.10 bits per heavy atom. The van der Waals surface area contributed by atoms with Gasteiger partial charge in [-0.2, -0.15) is 0 Å². The van der Waals surface area contributed by atoms with Crippen molar-refractivity contribution < 1.29 is 9.59 Å². The van der Waals surface area contributed by atoms with Crippen LogP contribution in [0.4, 0.5) is 0 Å². The number of Topliss-reactive ketones (excluding diaryl/α,β-unsaturated/α-hetero) is 1. The van der Waals surface area contributed by atoms with Gasteiger partial charge in [-0.25, -0.2) is 0 Å². The van der Waals surface area contributed by atoms with Gasteiger partial charge >= 0.3 is 0 Å². The predicted molar refractivity (Wildman–Crippen MR) is 86.1 cm³/mol. The minimum atomic E-state index is 0. The molecule has 5 heteroatoms. The van der Waals surface area contributed by atoms with Gasteiger partial charge in [0.1, 0.15) is 0 Å². The summed E-state index contributed by atoms with van der Waals surface area (Å²) >= 11 is 0. The van der Waals surface area contributed by atoms with Crippen molar-refractivity contribution in [2.45, 2.75) is 26.2 Å². The predicted octanol–water partition coefficient (Wildman–Crippen LogP) is 2.20. The Balaban J connectivity index is 0.00000220. The Hall–Kier alpha value is -1.39. The first kappa shape index (κ1) is 17.7. The molecule has 0 aliphatic carbocycles. The molecule has 1 N–H and O–H groups in total. The summed E-state index contributed by atoms with van der Waals surface area (Å²) in [6, 6.07) is 7.51. The summed E-state index contributed by atoms with van der Waals surface area (Å²) in [5.41, 5.74) is 1.83. The smallest absolute Gasteiger partial charge is 0.223 e. The zero-order valence-electron chi connectivity index (χ0n) is 12.4. The average Bonchev–Trinajstić information content (AvgIpc) is 2.74. The van der Waals surface area contributed by atoms with E-state index in [2.05, 4.69) is 5.32 Å². The first-order valence-electron chi connectivity index (χ1n) is 7.25. The quantitative estimate of drug-likeness (QED) is 0.867. The van der Waals surface area contributed by atoms with Gasteiger partial charge in [-0.15, -0.1) is 12.4 Å². The zero-order valence-corrected chi connectivity index (χ0v) is 13.2. The van der Waals surface area contributed by atoms with Gasteiger partial charge in [-0.05, 0) is 19.9 Å². The SMILES string of the molecule is Cc1ccc(C(=O)CCC(=O)N2CCCNCC2)cc1.Cl. The molecule has 1 fully saturated rings. The van der Waals surface area contributed by atoms with Gasteiger partial charge in [0.05, 0.1) is 0 Å². The second kappa shape index (κ2) is 8.80. The molecule has 4 nitrogen and oxygen atoms in total. The highest BCUT2D eigenvalue weighted by molar-refractivity contribution is 5.97. The van der Waals surface area contributed by atoms with Crippen LogP contribution in [0.3, 0.4) is 0 Å². The molecule has 2 rings (SSSR count). The number of aryl methyl sites for hydroxylation is 1. The van der Waals surface area contributed by atoms with Crippen LogP contribution in [0.25, 0.3) is 0 Å². The van der Waals surface area contributed by atoms with E-state index in [0.29, 0.717) is 18.4 Å². The minimum Gasteiger partial charge on any atom is -0.341 e. The van der Waals surface area contributed by atoms with Crippen molar-refractivity contribution in [1.29, 1.82) is 0 Å². The van der Waals surface area contributed by atoms with Crippen LogP contribution in [0, 0.1) is 6.92 Å². The van der Waals surface area contributed by atoms with Crippen molar-refractivity contribution in [3.8, 4) is 0 Å². The summed E-state index contributed by atoms with van der Waals surface area (Å²) in [5, 5.41) is 3.27. The van der Waals surface area contributed by atoms with Crippen molar-refractivity contribution in [2.75, 3.05) is 26.2 Å². The highest BCUT2D eigenvalue weighted by Crippen LogP contribution is 2.09. The van der Waals surface area contributed by atoms with E-state index >= 15 is 0 Å². The molecule has 0 unspecified atom stereocenters. The number of nitrogens with zero attached hydrogens (tertiary/aromatic N) is 1. The molecule has 116 valence electrons. The second-order valence-electron chi connectivity index (χ2n) is 5.27. The molecule has 1 aromatic rings. The number of halogens is 1. The molecule has 1 aliphatic heterocycles. The highest BCUT2D eigenvalue weighted by Gasteiger charge is 2.16. The van der Waals surface area contributed by atoms with E-state index in [1.165, 1.54) is 0 Å².